The lowest BCUT2D eigenvalue weighted by molar-refractivity contribution is -0.385. The first-order valence-corrected chi connectivity index (χ1v) is 9.95. The summed E-state index contributed by atoms with van der Waals surface area (Å²) in [5.74, 6) is 0.956. The van der Waals surface area contributed by atoms with Gasteiger partial charge in [-0.3, -0.25) is 15.5 Å². The molecule has 0 unspecified atom stereocenters. The van der Waals surface area contributed by atoms with Crippen LogP contribution in [0.15, 0.2) is 48.5 Å². The van der Waals surface area contributed by atoms with Crippen LogP contribution in [0, 0.1) is 10.1 Å². The Morgan fingerprint density at radius 3 is 2.53 bits per heavy atom. The molecule has 4 N–H and O–H groups in total. The molecule has 0 spiro atoms. The van der Waals surface area contributed by atoms with Gasteiger partial charge in [0.05, 0.1) is 23.8 Å². The van der Waals surface area contributed by atoms with Crippen molar-refractivity contribution in [1.29, 1.82) is 0 Å². The summed E-state index contributed by atoms with van der Waals surface area (Å²) >= 11 is 0. The lowest BCUT2D eigenvalue weighted by Gasteiger charge is -2.27. The smallest absolute Gasteiger partial charge is 0.273 e. The van der Waals surface area contributed by atoms with Gasteiger partial charge in [0.1, 0.15) is 5.75 Å². The third-order valence-electron chi connectivity index (χ3n) is 4.74. The summed E-state index contributed by atoms with van der Waals surface area (Å²) in [6.45, 7) is 2.56. The van der Waals surface area contributed by atoms with Gasteiger partial charge < -0.3 is 20.1 Å². The van der Waals surface area contributed by atoms with E-state index >= 15 is 0 Å². The molecule has 12 heteroatoms. The predicted molar refractivity (Wildman–Crippen MR) is 118 cm³/mol. The van der Waals surface area contributed by atoms with Gasteiger partial charge in [-0.15, -0.1) is 0 Å². The Hall–Kier alpha value is -4.03. The largest absolute Gasteiger partial charge is 0.506 e. The summed E-state index contributed by atoms with van der Waals surface area (Å²) in [6.07, 6.45) is 0. The van der Waals surface area contributed by atoms with E-state index in [4.69, 9.17) is 4.74 Å². The highest BCUT2D eigenvalue weighted by atomic mass is 16.6. The first-order chi connectivity index (χ1) is 15.6. The van der Waals surface area contributed by atoms with E-state index in [9.17, 15) is 15.2 Å². The van der Waals surface area contributed by atoms with E-state index in [0.29, 0.717) is 43.5 Å². The maximum absolute atomic E-state index is 11.2. The number of anilines is 4. The SMILES string of the molecule is O=[N+]([O-])c1ccccc1CNNc1nc(Nc2ccccc2O)nc(N2CCOCC2)n1. The van der Waals surface area contributed by atoms with E-state index < -0.39 is 4.92 Å². The maximum atomic E-state index is 11.2. The number of phenols is 1. The lowest BCUT2D eigenvalue weighted by Crippen LogP contribution is -2.37. The second-order valence-corrected chi connectivity index (χ2v) is 6.89. The fourth-order valence-corrected chi connectivity index (χ4v) is 3.14. The molecule has 0 aliphatic carbocycles. The highest BCUT2D eigenvalue weighted by molar-refractivity contribution is 5.62. The number of rotatable bonds is 8. The number of para-hydroxylation sites is 3. The molecule has 32 heavy (non-hydrogen) atoms. The minimum absolute atomic E-state index is 0.0216. The molecule has 1 aromatic heterocycles. The van der Waals surface area contributed by atoms with E-state index in [0.717, 1.165) is 0 Å². The molecule has 2 heterocycles. The molecular weight excluding hydrogens is 416 g/mol. The summed E-state index contributed by atoms with van der Waals surface area (Å²) in [6, 6.07) is 13.2. The normalized spacial score (nSPS) is 13.6. The molecule has 1 aliphatic heterocycles. The average molecular weight is 438 g/mol. The van der Waals surface area contributed by atoms with E-state index in [1.54, 1.807) is 42.5 Å². The van der Waals surface area contributed by atoms with Crippen LogP contribution in [0.1, 0.15) is 5.56 Å². The van der Waals surface area contributed by atoms with Crippen LogP contribution in [0.2, 0.25) is 0 Å². The van der Waals surface area contributed by atoms with Crippen LogP contribution in [0.4, 0.5) is 29.2 Å². The van der Waals surface area contributed by atoms with Gasteiger partial charge in [-0.05, 0) is 12.1 Å². The first-order valence-electron chi connectivity index (χ1n) is 9.95. The Morgan fingerprint density at radius 2 is 1.75 bits per heavy atom. The number of morpholine rings is 1. The minimum Gasteiger partial charge on any atom is -0.506 e. The summed E-state index contributed by atoms with van der Waals surface area (Å²) in [7, 11) is 0. The Morgan fingerprint density at radius 1 is 1.03 bits per heavy atom. The van der Waals surface area contributed by atoms with Crippen molar-refractivity contribution in [2.45, 2.75) is 6.54 Å². The van der Waals surface area contributed by atoms with Crippen molar-refractivity contribution in [2.24, 2.45) is 0 Å². The van der Waals surface area contributed by atoms with Crippen LogP contribution in [0.5, 0.6) is 5.75 Å². The zero-order valence-electron chi connectivity index (χ0n) is 17.1. The zero-order chi connectivity index (χ0) is 22.3. The molecule has 0 atom stereocenters. The highest BCUT2D eigenvalue weighted by Crippen LogP contribution is 2.25. The van der Waals surface area contributed by atoms with Crippen molar-refractivity contribution in [3.63, 3.8) is 0 Å². The fourth-order valence-electron chi connectivity index (χ4n) is 3.14. The molecule has 4 rings (SSSR count). The Kier molecular flexibility index (Phi) is 6.53. The van der Waals surface area contributed by atoms with E-state index in [-0.39, 0.29) is 29.9 Å². The minimum atomic E-state index is -0.426. The van der Waals surface area contributed by atoms with Crippen LogP contribution in [-0.2, 0) is 11.3 Å². The van der Waals surface area contributed by atoms with Crippen LogP contribution >= 0.6 is 0 Å². The molecule has 0 radical (unpaired) electrons. The van der Waals surface area contributed by atoms with Crippen LogP contribution in [-0.4, -0.2) is 51.3 Å². The summed E-state index contributed by atoms with van der Waals surface area (Å²) < 4.78 is 5.39. The lowest BCUT2D eigenvalue weighted by atomic mass is 10.2. The van der Waals surface area contributed by atoms with Crippen molar-refractivity contribution in [1.82, 2.24) is 20.4 Å². The summed E-state index contributed by atoms with van der Waals surface area (Å²) in [5.41, 5.74) is 6.79. The van der Waals surface area contributed by atoms with Gasteiger partial charge >= 0.3 is 0 Å². The van der Waals surface area contributed by atoms with Gasteiger partial charge in [0.15, 0.2) is 0 Å². The van der Waals surface area contributed by atoms with Crippen LogP contribution < -0.4 is 21.1 Å². The number of benzene rings is 2. The number of hydrogen-bond donors (Lipinski definition) is 4. The molecule has 1 fully saturated rings. The number of hydrazine groups is 1. The Labute approximate surface area is 183 Å². The fraction of sp³-hybridized carbons (Fsp3) is 0.250. The molecule has 166 valence electrons. The van der Waals surface area contributed by atoms with Gasteiger partial charge in [0, 0.05) is 31.3 Å². The van der Waals surface area contributed by atoms with Gasteiger partial charge in [-0.2, -0.15) is 15.0 Å². The Bertz CT molecular complexity index is 1090. The molecule has 3 aromatic rings. The zero-order valence-corrected chi connectivity index (χ0v) is 17.1. The summed E-state index contributed by atoms with van der Waals surface area (Å²) in [4.78, 5) is 26.0. The predicted octanol–water partition coefficient (Wildman–Crippen LogP) is 2.18. The number of hydrogen-bond acceptors (Lipinski definition) is 11. The Balaban J connectivity index is 1.53. The molecule has 0 bridgehead atoms. The second-order valence-electron chi connectivity index (χ2n) is 6.89. The van der Waals surface area contributed by atoms with E-state index in [1.165, 1.54) is 6.07 Å². The van der Waals surface area contributed by atoms with Crippen LogP contribution in [0.3, 0.4) is 0 Å². The van der Waals surface area contributed by atoms with Crippen molar-refractivity contribution < 1.29 is 14.8 Å². The number of nitro benzene ring substituents is 1. The average Bonchev–Trinajstić information content (AvgIpc) is 2.81. The maximum Gasteiger partial charge on any atom is 0.273 e. The van der Waals surface area contributed by atoms with Crippen molar-refractivity contribution in [3.8, 4) is 5.75 Å². The molecule has 0 saturated carbocycles. The number of aromatic nitrogens is 3. The summed E-state index contributed by atoms with van der Waals surface area (Å²) in [5, 5.41) is 24.3. The standard InChI is InChI=1S/C20H22N8O4/c29-17-8-4-2-6-15(17)22-18-23-19(25-20(24-18)27-9-11-32-12-10-27)26-21-13-14-5-1-3-7-16(14)28(30)31/h1-8,21,29H,9-13H2,(H2,22,23,24,25,26). The quantitative estimate of drug-likeness (QED) is 0.233. The van der Waals surface area contributed by atoms with Crippen molar-refractivity contribution >= 4 is 29.2 Å². The number of nitrogens with one attached hydrogen (secondary N) is 3. The number of aromatic hydroxyl groups is 1. The van der Waals surface area contributed by atoms with E-state index in [2.05, 4.69) is 31.1 Å². The molecule has 0 amide bonds. The number of phenolic OH excluding ortho intramolecular Hbond substituents is 1. The highest BCUT2D eigenvalue weighted by Gasteiger charge is 2.18. The topological polar surface area (TPSA) is 151 Å². The monoisotopic (exact) mass is 438 g/mol. The van der Waals surface area contributed by atoms with Gasteiger partial charge in [-0.25, -0.2) is 5.43 Å². The molecule has 12 nitrogen and oxygen atoms in total. The molecule has 2 aromatic carbocycles. The van der Waals surface area contributed by atoms with Gasteiger partial charge in [0.2, 0.25) is 17.8 Å². The molecule has 1 saturated heterocycles. The van der Waals surface area contributed by atoms with Crippen LogP contribution in [0.25, 0.3) is 0 Å². The molecule has 1 aliphatic rings. The third kappa shape index (κ3) is 5.17. The second kappa shape index (κ2) is 9.85. The number of ether oxygens (including phenoxy) is 1. The number of nitrogens with zero attached hydrogens (tertiary/aromatic N) is 5. The first kappa shape index (κ1) is 21.2. The molecular formula is C20H22N8O4. The van der Waals surface area contributed by atoms with Gasteiger partial charge in [-0.1, -0.05) is 30.3 Å². The van der Waals surface area contributed by atoms with Crippen molar-refractivity contribution in [3.05, 3.63) is 64.2 Å². The third-order valence-corrected chi connectivity index (χ3v) is 4.74. The van der Waals surface area contributed by atoms with Crippen molar-refractivity contribution in [2.75, 3.05) is 41.9 Å². The van der Waals surface area contributed by atoms with Gasteiger partial charge in [0.25, 0.3) is 5.69 Å². The van der Waals surface area contributed by atoms with E-state index in [1.807, 2.05) is 4.90 Å². The number of nitro groups is 1.